The summed E-state index contributed by atoms with van der Waals surface area (Å²) in [4.78, 5) is 34.5. The predicted molar refractivity (Wildman–Crippen MR) is 113 cm³/mol. The number of hydrogen-bond donors (Lipinski definition) is 2. The Labute approximate surface area is 174 Å². The molecule has 1 rings (SSSR count). The molecule has 0 amide bonds. The number of aliphatic carboxylic acids is 1. The van der Waals surface area contributed by atoms with Crippen molar-refractivity contribution in [1.82, 2.24) is 0 Å². The van der Waals surface area contributed by atoms with Gasteiger partial charge in [-0.15, -0.1) is 0 Å². The molecule has 0 aromatic heterocycles. The maximum Gasteiger partial charge on any atom is 0.345 e. The molecule has 0 saturated heterocycles. The van der Waals surface area contributed by atoms with E-state index in [0.29, 0.717) is 25.8 Å². The van der Waals surface area contributed by atoms with Crippen molar-refractivity contribution >= 4 is 17.7 Å². The summed E-state index contributed by atoms with van der Waals surface area (Å²) in [5, 5.41) is 9.06. The Balaban J connectivity index is 2.54. The SMILES string of the molecule is CCCCCC/C=C/[C@H]1[C@H](CN)CC(=O)[C@@H]1C/C=C\CCC(OC(C)=O)C(=O)O. The van der Waals surface area contributed by atoms with Crippen LogP contribution in [0, 0.1) is 17.8 Å². The average Bonchev–Trinajstić information content (AvgIpc) is 2.97. The van der Waals surface area contributed by atoms with Crippen LogP contribution < -0.4 is 5.73 Å². The summed E-state index contributed by atoms with van der Waals surface area (Å²) >= 11 is 0. The Bertz CT molecular complexity index is 584. The zero-order valence-corrected chi connectivity index (χ0v) is 17.8. The van der Waals surface area contributed by atoms with Gasteiger partial charge in [-0.05, 0) is 50.5 Å². The van der Waals surface area contributed by atoms with E-state index in [1.165, 1.54) is 32.6 Å². The molecule has 6 heteroatoms. The minimum Gasteiger partial charge on any atom is -0.479 e. The first-order valence-electron chi connectivity index (χ1n) is 10.8. The summed E-state index contributed by atoms with van der Waals surface area (Å²) in [6.07, 6.45) is 14.9. The number of Topliss-reactive ketones (excluding diaryl/α,β-unsaturated/α-hetero) is 1. The second-order valence-electron chi connectivity index (χ2n) is 7.85. The minimum absolute atomic E-state index is 0.0598. The summed E-state index contributed by atoms with van der Waals surface area (Å²) in [5.41, 5.74) is 5.90. The lowest BCUT2D eigenvalue weighted by molar-refractivity contribution is -0.162. The smallest absolute Gasteiger partial charge is 0.345 e. The molecular formula is C23H37NO5. The first kappa shape index (κ1) is 25.1. The van der Waals surface area contributed by atoms with Crippen molar-refractivity contribution in [3.63, 3.8) is 0 Å². The van der Waals surface area contributed by atoms with Crippen molar-refractivity contribution in [2.75, 3.05) is 6.54 Å². The number of nitrogens with two attached hydrogens (primary N) is 1. The lowest BCUT2D eigenvalue weighted by Crippen LogP contribution is -2.25. The van der Waals surface area contributed by atoms with Gasteiger partial charge in [-0.25, -0.2) is 4.79 Å². The number of carboxylic acid groups (broad SMARTS) is 1. The molecule has 0 aromatic carbocycles. The zero-order chi connectivity index (χ0) is 21.6. The molecule has 164 valence electrons. The highest BCUT2D eigenvalue weighted by atomic mass is 16.6. The molecule has 6 nitrogen and oxygen atoms in total. The third-order valence-corrected chi connectivity index (χ3v) is 5.51. The second-order valence-corrected chi connectivity index (χ2v) is 7.85. The van der Waals surface area contributed by atoms with Crippen LogP contribution >= 0.6 is 0 Å². The monoisotopic (exact) mass is 407 g/mol. The number of rotatable bonds is 14. The average molecular weight is 408 g/mol. The fraction of sp³-hybridized carbons (Fsp3) is 0.696. The Kier molecular flexibility index (Phi) is 12.2. The number of carboxylic acids is 1. The van der Waals surface area contributed by atoms with Crippen LogP contribution in [0.2, 0.25) is 0 Å². The highest BCUT2D eigenvalue weighted by molar-refractivity contribution is 5.84. The largest absolute Gasteiger partial charge is 0.479 e. The lowest BCUT2D eigenvalue weighted by atomic mass is 9.86. The Morgan fingerprint density at radius 3 is 2.59 bits per heavy atom. The van der Waals surface area contributed by atoms with E-state index in [2.05, 4.69) is 19.1 Å². The molecule has 4 atom stereocenters. The number of hydrogen-bond acceptors (Lipinski definition) is 5. The number of unbranched alkanes of at least 4 members (excludes halogenated alkanes) is 4. The van der Waals surface area contributed by atoms with E-state index >= 15 is 0 Å². The Hall–Kier alpha value is -1.95. The third kappa shape index (κ3) is 9.39. The zero-order valence-electron chi connectivity index (χ0n) is 17.8. The van der Waals surface area contributed by atoms with Crippen LogP contribution in [0.15, 0.2) is 24.3 Å². The quantitative estimate of drug-likeness (QED) is 0.256. The van der Waals surface area contributed by atoms with Crippen molar-refractivity contribution in [2.45, 2.75) is 77.7 Å². The number of ketones is 1. The second kappa shape index (κ2) is 14.1. The van der Waals surface area contributed by atoms with Crippen LogP contribution in [0.1, 0.15) is 71.6 Å². The predicted octanol–water partition coefficient (Wildman–Crippen LogP) is 4.04. The highest BCUT2D eigenvalue weighted by Crippen LogP contribution is 2.37. The minimum atomic E-state index is -1.14. The van der Waals surface area contributed by atoms with Gasteiger partial charge in [-0.2, -0.15) is 0 Å². The van der Waals surface area contributed by atoms with E-state index in [0.717, 1.165) is 6.42 Å². The van der Waals surface area contributed by atoms with Crippen molar-refractivity contribution in [2.24, 2.45) is 23.5 Å². The van der Waals surface area contributed by atoms with Crippen LogP contribution in [0.5, 0.6) is 0 Å². The van der Waals surface area contributed by atoms with Crippen LogP contribution in [0.25, 0.3) is 0 Å². The molecule has 1 unspecified atom stereocenters. The van der Waals surface area contributed by atoms with Gasteiger partial charge in [0.25, 0.3) is 0 Å². The number of allylic oxidation sites excluding steroid dienone is 4. The van der Waals surface area contributed by atoms with Gasteiger partial charge >= 0.3 is 11.9 Å². The summed E-state index contributed by atoms with van der Waals surface area (Å²) in [7, 11) is 0. The maximum atomic E-state index is 12.5. The summed E-state index contributed by atoms with van der Waals surface area (Å²) in [5.74, 6) is -1.17. The maximum absolute atomic E-state index is 12.5. The number of carbonyl (C=O) groups excluding carboxylic acids is 2. The van der Waals surface area contributed by atoms with Crippen LogP contribution in [-0.4, -0.2) is 35.5 Å². The summed E-state index contributed by atoms with van der Waals surface area (Å²) in [6.45, 7) is 3.91. The van der Waals surface area contributed by atoms with Crippen molar-refractivity contribution in [1.29, 1.82) is 0 Å². The number of carbonyl (C=O) groups is 3. The Morgan fingerprint density at radius 1 is 1.21 bits per heavy atom. The first-order chi connectivity index (χ1) is 13.9. The molecule has 1 aliphatic carbocycles. The molecule has 0 spiro atoms. The fourth-order valence-corrected chi connectivity index (χ4v) is 3.89. The molecule has 0 aliphatic heterocycles. The van der Waals surface area contributed by atoms with Gasteiger partial charge in [-0.1, -0.05) is 50.5 Å². The van der Waals surface area contributed by atoms with Crippen molar-refractivity contribution < 1.29 is 24.2 Å². The van der Waals surface area contributed by atoms with E-state index in [-0.39, 0.29) is 30.0 Å². The van der Waals surface area contributed by atoms with E-state index in [1.807, 2.05) is 12.2 Å². The number of ether oxygens (including phenoxy) is 1. The topological polar surface area (TPSA) is 107 Å². The van der Waals surface area contributed by atoms with Crippen LogP contribution in [-0.2, 0) is 19.1 Å². The van der Waals surface area contributed by atoms with Gasteiger partial charge < -0.3 is 15.6 Å². The van der Waals surface area contributed by atoms with Gasteiger partial charge in [0.05, 0.1) is 0 Å². The standard InChI is InChI=1S/C23H37NO5/c1-3-4-5-6-7-9-12-19-18(16-24)15-21(26)20(19)13-10-8-11-14-22(23(27)28)29-17(2)25/h8-10,12,18-20,22H,3-7,11,13-16,24H2,1-2H3,(H,27,28)/b10-8-,12-9+/t18-,19-,20+,22?/m0/s1. The molecule has 0 heterocycles. The fourth-order valence-electron chi connectivity index (χ4n) is 3.89. The van der Waals surface area contributed by atoms with E-state index in [4.69, 9.17) is 15.6 Å². The van der Waals surface area contributed by atoms with E-state index < -0.39 is 18.0 Å². The highest BCUT2D eigenvalue weighted by Gasteiger charge is 2.39. The normalized spacial score (nSPS) is 23.1. The molecule has 29 heavy (non-hydrogen) atoms. The third-order valence-electron chi connectivity index (χ3n) is 5.51. The number of esters is 1. The van der Waals surface area contributed by atoms with Crippen LogP contribution in [0.4, 0.5) is 0 Å². The van der Waals surface area contributed by atoms with Crippen LogP contribution in [0.3, 0.4) is 0 Å². The molecule has 3 N–H and O–H groups in total. The molecule has 0 bridgehead atoms. The lowest BCUT2D eigenvalue weighted by Gasteiger charge is -2.18. The molecule has 1 saturated carbocycles. The van der Waals surface area contributed by atoms with Gasteiger partial charge in [0, 0.05) is 19.3 Å². The van der Waals surface area contributed by atoms with Gasteiger partial charge in [-0.3, -0.25) is 9.59 Å². The van der Waals surface area contributed by atoms with Crippen molar-refractivity contribution in [3.05, 3.63) is 24.3 Å². The summed E-state index contributed by atoms with van der Waals surface area (Å²) in [6, 6.07) is 0. The van der Waals surface area contributed by atoms with Gasteiger partial charge in [0.15, 0.2) is 6.10 Å². The summed E-state index contributed by atoms with van der Waals surface area (Å²) < 4.78 is 4.78. The first-order valence-corrected chi connectivity index (χ1v) is 10.8. The molecule has 1 fully saturated rings. The molecular weight excluding hydrogens is 370 g/mol. The van der Waals surface area contributed by atoms with E-state index in [9.17, 15) is 14.4 Å². The molecule has 1 aliphatic rings. The van der Waals surface area contributed by atoms with E-state index in [1.54, 1.807) is 0 Å². The molecule has 0 aromatic rings. The van der Waals surface area contributed by atoms with Gasteiger partial charge in [0.2, 0.25) is 0 Å². The molecule has 0 radical (unpaired) electrons. The Morgan fingerprint density at radius 2 is 1.97 bits per heavy atom. The van der Waals surface area contributed by atoms with Gasteiger partial charge in [0.1, 0.15) is 5.78 Å². The van der Waals surface area contributed by atoms with Crippen molar-refractivity contribution in [3.8, 4) is 0 Å².